The van der Waals surface area contributed by atoms with Crippen LogP contribution in [0.2, 0.25) is 10.0 Å². The Morgan fingerprint density at radius 1 is 0.955 bits per heavy atom. The highest BCUT2D eigenvalue weighted by atomic mass is 35.5. The zero-order chi connectivity index (χ0) is 32.8. The normalized spacial score (nSPS) is 26.5. The van der Waals surface area contributed by atoms with Crippen molar-refractivity contribution in [1.82, 2.24) is 10.3 Å². The summed E-state index contributed by atoms with van der Waals surface area (Å²) in [6, 6.07) is 5.12. The summed E-state index contributed by atoms with van der Waals surface area (Å²) >= 11 is 15.2. The average molecular weight is 688 g/mol. The van der Waals surface area contributed by atoms with Crippen LogP contribution in [0.3, 0.4) is 0 Å². The molecule has 1 amide bonds. The first-order valence-electron chi connectivity index (χ1n) is 14.3. The number of nitrogens with zero attached hydrogens (tertiary/aromatic N) is 1. The molecular formula is C31H40Cl2N2O7S2. The number of thioether (sulfide) groups is 1. The van der Waals surface area contributed by atoms with Crippen LogP contribution in [0.1, 0.15) is 67.9 Å². The molecule has 0 spiro atoms. The van der Waals surface area contributed by atoms with Gasteiger partial charge in [0.05, 0.1) is 22.6 Å². The molecule has 0 aliphatic heterocycles. The fraction of sp³-hybridized carbons (Fsp3) is 0.613. The summed E-state index contributed by atoms with van der Waals surface area (Å²) in [4.78, 5) is 46.1. The predicted octanol–water partition coefficient (Wildman–Crippen LogP) is 7.32. The van der Waals surface area contributed by atoms with Gasteiger partial charge in [0.25, 0.3) is 0 Å². The minimum Gasteiger partial charge on any atom is -0.460 e. The lowest BCUT2D eigenvalue weighted by molar-refractivity contribution is -0.173. The molecule has 13 heteroatoms. The number of thiazole rings is 1. The van der Waals surface area contributed by atoms with E-state index < -0.39 is 69.5 Å². The number of alkyl carbamates (subject to hydrolysis) is 1. The highest BCUT2D eigenvalue weighted by Crippen LogP contribution is 2.67. The topological polar surface area (TPSA) is 113 Å². The second kappa shape index (κ2) is 12.6. The number of aromatic nitrogens is 1. The van der Waals surface area contributed by atoms with Crippen LogP contribution in [-0.4, -0.2) is 56.7 Å². The number of ether oxygens (including phenoxy) is 4. The van der Waals surface area contributed by atoms with Crippen LogP contribution in [0, 0.1) is 17.8 Å². The molecular weight excluding hydrogens is 647 g/mol. The summed E-state index contributed by atoms with van der Waals surface area (Å²) in [7, 11) is 0. The molecule has 2 aliphatic carbocycles. The van der Waals surface area contributed by atoms with Gasteiger partial charge in [0.1, 0.15) is 27.2 Å². The third kappa shape index (κ3) is 8.02. The summed E-state index contributed by atoms with van der Waals surface area (Å²) in [6.45, 7) is 15.8. The Bertz CT molecular complexity index is 1380. The first kappa shape index (κ1) is 34.8. The van der Waals surface area contributed by atoms with Crippen LogP contribution in [0.5, 0.6) is 0 Å². The first-order chi connectivity index (χ1) is 20.2. The summed E-state index contributed by atoms with van der Waals surface area (Å²) in [6.07, 6.45) is -0.106. The number of nitrogens with one attached hydrogen (secondary N) is 1. The van der Waals surface area contributed by atoms with E-state index in [0.29, 0.717) is 15.6 Å². The molecule has 6 atom stereocenters. The summed E-state index contributed by atoms with van der Waals surface area (Å²) in [5.41, 5.74) is -3.63. The SMILES string of the molecule is CC(C)(C)OC(=O)N[C@]1(C(=O)OC(C)(C)C)[C@@H]2[C@@H](C(=O)OC(C)(C)C)[C@@H]2[C@H](Sc2nccs2)[C@H]1OCc1ccc(Cl)c(Cl)c1. The number of amides is 1. The molecule has 2 aliphatic rings. The highest BCUT2D eigenvalue weighted by Gasteiger charge is 2.81. The lowest BCUT2D eigenvalue weighted by atomic mass is 9.86. The Labute approximate surface area is 277 Å². The largest absolute Gasteiger partial charge is 0.460 e. The Morgan fingerprint density at radius 3 is 2.14 bits per heavy atom. The second-order valence-corrected chi connectivity index (χ2v) is 17.2. The van der Waals surface area contributed by atoms with Crippen molar-refractivity contribution < 1.29 is 33.3 Å². The average Bonchev–Trinajstić information content (AvgIpc) is 3.26. The molecule has 4 rings (SSSR count). The van der Waals surface area contributed by atoms with E-state index in [1.807, 2.05) is 5.38 Å². The minimum absolute atomic E-state index is 0.0353. The number of halogens is 2. The lowest BCUT2D eigenvalue weighted by Gasteiger charge is -2.41. The zero-order valence-corrected chi connectivity index (χ0v) is 29.5. The molecule has 1 aromatic heterocycles. The molecule has 9 nitrogen and oxygen atoms in total. The van der Waals surface area contributed by atoms with Gasteiger partial charge in [-0.1, -0.05) is 41.0 Å². The Kier molecular flexibility index (Phi) is 9.99. The van der Waals surface area contributed by atoms with E-state index in [1.165, 1.54) is 23.1 Å². The molecule has 2 aromatic rings. The van der Waals surface area contributed by atoms with E-state index in [2.05, 4.69) is 10.3 Å². The Balaban J connectivity index is 1.84. The number of carbonyl (C=O) groups is 3. The molecule has 1 heterocycles. The van der Waals surface area contributed by atoms with Gasteiger partial charge in [-0.2, -0.15) is 0 Å². The zero-order valence-electron chi connectivity index (χ0n) is 26.4. The molecule has 44 heavy (non-hydrogen) atoms. The number of fused-ring (bicyclic) bond motifs is 1. The van der Waals surface area contributed by atoms with Crippen LogP contribution in [0.4, 0.5) is 4.79 Å². The van der Waals surface area contributed by atoms with Gasteiger partial charge in [-0.3, -0.25) is 4.79 Å². The number of rotatable bonds is 8. The van der Waals surface area contributed by atoms with Crippen LogP contribution < -0.4 is 5.32 Å². The fourth-order valence-electron chi connectivity index (χ4n) is 5.51. The summed E-state index contributed by atoms with van der Waals surface area (Å²) in [5, 5.41) is 4.98. The number of hydrogen-bond donors (Lipinski definition) is 1. The lowest BCUT2D eigenvalue weighted by Crippen LogP contribution is -2.66. The smallest absolute Gasteiger partial charge is 0.408 e. The van der Waals surface area contributed by atoms with Gasteiger partial charge in [0, 0.05) is 22.7 Å². The molecule has 0 radical (unpaired) electrons. The van der Waals surface area contributed by atoms with Crippen molar-refractivity contribution in [3.05, 3.63) is 45.4 Å². The van der Waals surface area contributed by atoms with E-state index >= 15 is 0 Å². The molecule has 2 fully saturated rings. The highest BCUT2D eigenvalue weighted by molar-refractivity contribution is 8.01. The number of esters is 2. The van der Waals surface area contributed by atoms with Gasteiger partial charge in [-0.05, 0) is 85.9 Å². The summed E-state index contributed by atoms with van der Waals surface area (Å²) in [5.74, 6) is -2.99. The van der Waals surface area contributed by atoms with E-state index in [9.17, 15) is 14.4 Å². The van der Waals surface area contributed by atoms with Gasteiger partial charge in [-0.15, -0.1) is 11.3 Å². The minimum atomic E-state index is -1.80. The van der Waals surface area contributed by atoms with Crippen LogP contribution in [0.25, 0.3) is 0 Å². The van der Waals surface area contributed by atoms with Gasteiger partial charge >= 0.3 is 18.0 Å². The molecule has 0 unspecified atom stereocenters. The number of hydrogen-bond acceptors (Lipinski definition) is 10. The summed E-state index contributed by atoms with van der Waals surface area (Å²) < 4.78 is 24.8. The molecule has 2 saturated carbocycles. The molecule has 0 saturated heterocycles. The maximum absolute atomic E-state index is 14.5. The van der Waals surface area contributed by atoms with Crippen LogP contribution in [0.15, 0.2) is 34.1 Å². The van der Waals surface area contributed by atoms with Crippen molar-refractivity contribution in [3.63, 3.8) is 0 Å². The standard InChI is InChI=1S/C31H40Cl2N2O7S2/c1-28(2,3)40-24(36)20-19-21(20)31(25(37)41-29(4,5)6,35-26(38)42-30(7,8)9)23(22(19)44-27-34-12-13-43-27)39-15-16-10-11-17(32)18(33)14-16/h10-14,19-23H,15H2,1-9H3,(H,35,38)/t19-,20-,21-,22-,23+,31+/m0/s1. The second-order valence-electron chi connectivity index (χ2n) is 14.0. The van der Waals surface area contributed by atoms with E-state index in [0.717, 1.165) is 4.34 Å². The first-order valence-corrected chi connectivity index (χ1v) is 16.8. The maximum atomic E-state index is 14.5. The predicted molar refractivity (Wildman–Crippen MR) is 171 cm³/mol. The number of carbonyl (C=O) groups excluding carboxylic acids is 3. The van der Waals surface area contributed by atoms with Crippen molar-refractivity contribution in [1.29, 1.82) is 0 Å². The quantitative estimate of drug-likeness (QED) is 0.225. The monoisotopic (exact) mass is 686 g/mol. The van der Waals surface area contributed by atoms with Crippen molar-refractivity contribution >= 4 is 64.3 Å². The van der Waals surface area contributed by atoms with Crippen molar-refractivity contribution in [3.8, 4) is 0 Å². The Morgan fingerprint density at radius 2 is 1.59 bits per heavy atom. The van der Waals surface area contributed by atoms with Crippen molar-refractivity contribution in [2.45, 2.75) is 107 Å². The molecule has 242 valence electrons. The maximum Gasteiger partial charge on any atom is 0.408 e. The van der Waals surface area contributed by atoms with Crippen molar-refractivity contribution in [2.24, 2.45) is 17.8 Å². The van der Waals surface area contributed by atoms with Gasteiger partial charge in [0.2, 0.25) is 0 Å². The third-order valence-corrected chi connectivity index (χ3v) is 9.93. The Hall–Kier alpha value is -2.05. The molecule has 1 N–H and O–H groups in total. The van der Waals surface area contributed by atoms with E-state index in [1.54, 1.807) is 86.7 Å². The van der Waals surface area contributed by atoms with E-state index in [-0.39, 0.29) is 6.61 Å². The van der Waals surface area contributed by atoms with Gasteiger partial charge in [-0.25, -0.2) is 14.6 Å². The number of benzene rings is 1. The van der Waals surface area contributed by atoms with E-state index in [4.69, 9.17) is 42.1 Å². The van der Waals surface area contributed by atoms with Crippen molar-refractivity contribution in [2.75, 3.05) is 0 Å². The van der Waals surface area contributed by atoms with Crippen LogP contribution in [-0.2, 0) is 35.1 Å². The molecule has 0 bridgehead atoms. The third-order valence-electron chi connectivity index (χ3n) is 6.91. The van der Waals surface area contributed by atoms with Crippen LogP contribution >= 0.6 is 46.3 Å². The van der Waals surface area contributed by atoms with Gasteiger partial charge < -0.3 is 24.3 Å². The molecule has 1 aromatic carbocycles. The fourth-order valence-corrected chi connectivity index (χ4v) is 8.18. The van der Waals surface area contributed by atoms with Gasteiger partial charge in [0.15, 0.2) is 5.54 Å².